The van der Waals surface area contributed by atoms with Crippen LogP contribution in [0.25, 0.3) is 21.0 Å². The molecule has 0 bridgehead atoms. The highest BCUT2D eigenvalue weighted by Gasteiger charge is 2.24. The van der Waals surface area contributed by atoms with Crippen molar-refractivity contribution in [2.45, 2.75) is 24.9 Å². The number of rotatable bonds is 7. The first kappa shape index (κ1) is 20.4. The van der Waals surface area contributed by atoms with E-state index in [1.165, 1.54) is 15.0 Å². The zero-order chi connectivity index (χ0) is 21.2. The average Bonchev–Trinajstić information content (AvgIpc) is 3.45. The molecule has 0 radical (unpaired) electrons. The van der Waals surface area contributed by atoms with Gasteiger partial charge >= 0.3 is 0 Å². The zero-order valence-electron chi connectivity index (χ0n) is 17.7. The van der Waals surface area contributed by atoms with E-state index in [9.17, 15) is 5.11 Å². The lowest BCUT2D eigenvalue weighted by atomic mass is 9.94. The van der Waals surface area contributed by atoms with Gasteiger partial charge in [0.2, 0.25) is 0 Å². The van der Waals surface area contributed by atoms with E-state index >= 15 is 0 Å². The highest BCUT2D eigenvalue weighted by molar-refractivity contribution is 7.19. The van der Waals surface area contributed by atoms with Crippen LogP contribution in [0.2, 0.25) is 0 Å². The molecule has 1 atom stereocenters. The van der Waals surface area contributed by atoms with Crippen molar-refractivity contribution in [3.05, 3.63) is 59.6 Å². The number of aromatic amines is 1. The normalized spacial score (nSPS) is 16.7. The van der Waals surface area contributed by atoms with Crippen molar-refractivity contribution >= 4 is 32.3 Å². The van der Waals surface area contributed by atoms with Crippen LogP contribution >= 0.6 is 11.3 Å². The highest BCUT2D eigenvalue weighted by atomic mass is 32.1. The Morgan fingerprint density at radius 3 is 2.74 bits per heavy atom. The molecule has 1 saturated heterocycles. The minimum Gasteiger partial charge on any atom is -0.496 e. The van der Waals surface area contributed by atoms with Gasteiger partial charge in [0.1, 0.15) is 24.2 Å². The quantitative estimate of drug-likeness (QED) is 0.428. The van der Waals surface area contributed by atoms with Crippen LogP contribution in [0.5, 0.6) is 11.5 Å². The number of fused-ring (bicyclic) bond motifs is 2. The van der Waals surface area contributed by atoms with Crippen LogP contribution in [0.1, 0.15) is 23.6 Å². The molecular formula is C25H28N2O3S. The number of hydrogen-bond donors (Lipinski definition) is 2. The minimum atomic E-state index is -0.501. The fraction of sp³-hybridized carbons (Fsp3) is 0.360. The Hall–Kier alpha value is -2.54. The Morgan fingerprint density at radius 2 is 1.90 bits per heavy atom. The molecule has 1 aliphatic heterocycles. The molecule has 31 heavy (non-hydrogen) atoms. The molecule has 2 aromatic heterocycles. The Morgan fingerprint density at radius 1 is 1.10 bits per heavy atom. The van der Waals surface area contributed by atoms with Crippen LogP contribution in [0.4, 0.5) is 0 Å². The number of aromatic nitrogens is 1. The zero-order valence-corrected chi connectivity index (χ0v) is 18.5. The van der Waals surface area contributed by atoms with E-state index in [-0.39, 0.29) is 0 Å². The van der Waals surface area contributed by atoms with Crippen LogP contribution in [0.15, 0.2) is 54.7 Å². The van der Waals surface area contributed by atoms with Gasteiger partial charge in [-0.3, -0.25) is 0 Å². The number of nitrogens with zero attached hydrogens (tertiary/aromatic N) is 1. The number of nitrogens with one attached hydrogen (secondary N) is 1. The Balaban J connectivity index is 1.14. The summed E-state index contributed by atoms with van der Waals surface area (Å²) in [5.41, 5.74) is 1.05. The van der Waals surface area contributed by atoms with Gasteiger partial charge in [0.05, 0.1) is 7.11 Å². The first-order chi connectivity index (χ1) is 15.2. The number of benzene rings is 2. The molecule has 2 aromatic carbocycles. The molecule has 5 nitrogen and oxygen atoms in total. The van der Waals surface area contributed by atoms with Gasteiger partial charge in [-0.05, 0) is 68.2 Å². The monoisotopic (exact) mass is 436 g/mol. The first-order valence-electron chi connectivity index (χ1n) is 10.9. The number of aliphatic hydroxyl groups is 1. The van der Waals surface area contributed by atoms with Gasteiger partial charge in [-0.25, -0.2) is 0 Å². The van der Waals surface area contributed by atoms with Gasteiger partial charge in [0.25, 0.3) is 0 Å². The second-order valence-corrected chi connectivity index (χ2v) is 9.37. The maximum Gasteiger partial charge on any atom is 0.128 e. The van der Waals surface area contributed by atoms with Crippen molar-refractivity contribution in [1.29, 1.82) is 0 Å². The van der Waals surface area contributed by atoms with Gasteiger partial charge < -0.3 is 24.5 Å². The molecule has 0 unspecified atom stereocenters. The van der Waals surface area contributed by atoms with Crippen LogP contribution < -0.4 is 9.47 Å². The van der Waals surface area contributed by atoms with E-state index in [4.69, 9.17) is 9.47 Å². The summed E-state index contributed by atoms with van der Waals surface area (Å²) in [4.78, 5) is 6.99. The van der Waals surface area contributed by atoms with Crippen molar-refractivity contribution in [3.63, 3.8) is 0 Å². The van der Waals surface area contributed by atoms with E-state index in [0.717, 1.165) is 48.3 Å². The van der Waals surface area contributed by atoms with E-state index in [0.29, 0.717) is 19.1 Å². The largest absolute Gasteiger partial charge is 0.496 e. The minimum absolute atomic E-state index is 0.306. The van der Waals surface area contributed by atoms with Gasteiger partial charge in [-0.2, -0.15) is 0 Å². The van der Waals surface area contributed by atoms with Crippen molar-refractivity contribution < 1.29 is 14.6 Å². The fourth-order valence-corrected chi connectivity index (χ4v) is 5.80. The highest BCUT2D eigenvalue weighted by Crippen LogP contribution is 2.39. The van der Waals surface area contributed by atoms with Crippen LogP contribution in [-0.4, -0.2) is 54.4 Å². The number of likely N-dealkylation sites (tertiary alicyclic amines) is 1. The van der Waals surface area contributed by atoms with Crippen LogP contribution in [0, 0.1) is 0 Å². The van der Waals surface area contributed by atoms with E-state index in [1.807, 2.05) is 47.9 Å². The number of methoxy groups -OCH3 is 1. The van der Waals surface area contributed by atoms with Crippen molar-refractivity contribution in [2.24, 2.45) is 0 Å². The lowest BCUT2D eigenvalue weighted by molar-refractivity contribution is 0.0600. The Kier molecular flexibility index (Phi) is 5.85. The number of hydrogen-bond acceptors (Lipinski definition) is 5. The van der Waals surface area contributed by atoms with E-state index < -0.39 is 6.10 Å². The number of H-pyrrole nitrogens is 1. The number of aliphatic hydroxyl groups excluding tert-OH is 1. The summed E-state index contributed by atoms with van der Waals surface area (Å²) in [6.07, 6.45) is 3.64. The molecule has 1 fully saturated rings. The smallest absolute Gasteiger partial charge is 0.128 e. The van der Waals surface area contributed by atoms with Crippen LogP contribution in [0.3, 0.4) is 0 Å². The summed E-state index contributed by atoms with van der Waals surface area (Å²) in [5, 5.41) is 12.8. The first-order valence-corrected chi connectivity index (χ1v) is 11.7. The molecule has 2 N–H and O–H groups in total. The Bertz CT molecular complexity index is 1160. The second kappa shape index (κ2) is 8.91. The van der Waals surface area contributed by atoms with E-state index in [2.05, 4.69) is 28.1 Å². The predicted molar refractivity (Wildman–Crippen MR) is 127 cm³/mol. The number of β-amino-alcohol motifs (C(OH)–C–C–N with tert-alkyl or cyclic N) is 1. The summed E-state index contributed by atoms with van der Waals surface area (Å²) in [6, 6.07) is 16.5. The van der Waals surface area contributed by atoms with Crippen molar-refractivity contribution in [1.82, 2.24) is 9.88 Å². The summed E-state index contributed by atoms with van der Waals surface area (Å²) in [6.45, 7) is 2.96. The summed E-state index contributed by atoms with van der Waals surface area (Å²) in [5.74, 6) is 2.35. The number of thiophene rings is 1. The molecule has 0 spiro atoms. The molecule has 0 aliphatic carbocycles. The molecule has 6 heteroatoms. The third kappa shape index (κ3) is 4.28. The second-order valence-electron chi connectivity index (χ2n) is 8.26. The average molecular weight is 437 g/mol. The third-order valence-electron chi connectivity index (χ3n) is 6.21. The molecule has 162 valence electrons. The van der Waals surface area contributed by atoms with Gasteiger partial charge in [0, 0.05) is 38.6 Å². The van der Waals surface area contributed by atoms with Crippen molar-refractivity contribution in [3.8, 4) is 11.5 Å². The summed E-state index contributed by atoms with van der Waals surface area (Å²) >= 11 is 1.89. The van der Waals surface area contributed by atoms with Gasteiger partial charge in [-0.15, -0.1) is 11.3 Å². The molecular weight excluding hydrogens is 408 g/mol. The molecule has 1 aliphatic rings. The van der Waals surface area contributed by atoms with Gasteiger partial charge in [0.15, 0.2) is 0 Å². The molecule has 3 heterocycles. The maximum absolute atomic E-state index is 10.5. The number of piperidine rings is 1. The predicted octanol–water partition coefficient (Wildman–Crippen LogP) is 5.01. The summed E-state index contributed by atoms with van der Waals surface area (Å²) < 4.78 is 12.7. The summed E-state index contributed by atoms with van der Waals surface area (Å²) in [7, 11) is 1.73. The Labute approximate surface area is 186 Å². The molecule has 0 saturated carbocycles. The number of ether oxygens (including phenoxy) is 2. The standard InChI is InChI=1S/C25H28N2O3S/c1-29-22-5-3-7-24-20(22)14-25(31-24)17-9-12-27(13-10-17)15-18(28)16-30-23-6-2-4-21-19(23)8-11-26-21/h2-8,11,14,17-18,26,28H,9-10,12-13,15-16H2,1H3/t18-/m0/s1. The third-order valence-corrected chi connectivity index (χ3v) is 7.47. The topological polar surface area (TPSA) is 57.7 Å². The maximum atomic E-state index is 10.5. The SMILES string of the molecule is COc1cccc2sc(C3CCN(C[C@H](O)COc4cccc5[nH]ccc45)CC3)cc12. The fourth-order valence-electron chi connectivity index (χ4n) is 4.55. The molecule has 5 rings (SSSR count). The van der Waals surface area contributed by atoms with E-state index in [1.54, 1.807) is 7.11 Å². The molecule has 4 aromatic rings. The van der Waals surface area contributed by atoms with Gasteiger partial charge in [-0.1, -0.05) is 12.1 Å². The lowest BCUT2D eigenvalue weighted by Gasteiger charge is -2.32. The molecule has 0 amide bonds. The lowest BCUT2D eigenvalue weighted by Crippen LogP contribution is -2.40. The van der Waals surface area contributed by atoms with Crippen LogP contribution in [-0.2, 0) is 0 Å². The van der Waals surface area contributed by atoms with Crippen molar-refractivity contribution in [2.75, 3.05) is 33.4 Å².